The van der Waals surface area contributed by atoms with E-state index in [2.05, 4.69) is 31.4 Å². The second kappa shape index (κ2) is 11.9. The number of nitrogens with one attached hydrogen (secondary N) is 2. The highest BCUT2D eigenvalue weighted by Gasteiger charge is 2.04. The van der Waals surface area contributed by atoms with Crippen LogP contribution >= 0.6 is 0 Å². The van der Waals surface area contributed by atoms with Gasteiger partial charge in [-0.25, -0.2) is 0 Å². The fourth-order valence-electron chi connectivity index (χ4n) is 1.05. The second-order valence-corrected chi connectivity index (χ2v) is 3.39. The van der Waals surface area contributed by atoms with E-state index >= 15 is 0 Å². The highest BCUT2D eigenvalue weighted by Crippen LogP contribution is 1.98. The summed E-state index contributed by atoms with van der Waals surface area (Å²) in [7, 11) is 2.01. The van der Waals surface area contributed by atoms with Gasteiger partial charge in [0.05, 0.1) is 0 Å². The summed E-state index contributed by atoms with van der Waals surface area (Å²) < 4.78 is 0. The van der Waals surface area contributed by atoms with Crippen molar-refractivity contribution < 1.29 is 0 Å². The van der Waals surface area contributed by atoms with Crippen molar-refractivity contribution in [2.45, 2.75) is 47.1 Å². The zero-order valence-corrected chi connectivity index (χ0v) is 10.3. The average molecular weight is 188 g/mol. The van der Waals surface area contributed by atoms with Crippen molar-refractivity contribution in [1.29, 1.82) is 0 Å². The van der Waals surface area contributed by atoms with Crippen molar-refractivity contribution in [2.75, 3.05) is 20.1 Å². The van der Waals surface area contributed by atoms with Crippen molar-refractivity contribution in [3.05, 3.63) is 0 Å². The second-order valence-electron chi connectivity index (χ2n) is 3.39. The maximum atomic E-state index is 3.44. The lowest BCUT2D eigenvalue weighted by molar-refractivity contribution is 0.424. The summed E-state index contributed by atoms with van der Waals surface area (Å²) in [5, 5.41) is 6.64. The van der Waals surface area contributed by atoms with Gasteiger partial charge in [-0.3, -0.25) is 0 Å². The lowest BCUT2D eigenvalue weighted by atomic mass is 10.1. The van der Waals surface area contributed by atoms with E-state index in [1.54, 1.807) is 0 Å². The maximum Gasteiger partial charge on any atom is 0.00105 e. The molecule has 2 heteroatoms. The topological polar surface area (TPSA) is 24.1 Å². The molecule has 0 aliphatic heterocycles. The predicted molar refractivity (Wildman–Crippen MR) is 62.2 cm³/mol. The smallest absolute Gasteiger partial charge is 0.00105 e. The molecule has 1 atom stereocenters. The number of hydrogen-bond acceptors (Lipinski definition) is 2. The van der Waals surface area contributed by atoms with Gasteiger partial charge in [0.15, 0.2) is 0 Å². The Morgan fingerprint density at radius 3 is 1.92 bits per heavy atom. The van der Waals surface area contributed by atoms with Crippen LogP contribution in [0, 0.1) is 5.92 Å². The molecule has 0 aromatic heterocycles. The normalized spacial score (nSPS) is 12.2. The SMILES string of the molecule is CC.CCC(CNC)CNC(C)C. The Kier molecular flexibility index (Phi) is 14.1. The zero-order valence-electron chi connectivity index (χ0n) is 10.3. The molecule has 0 saturated carbocycles. The molecule has 0 aliphatic carbocycles. The lowest BCUT2D eigenvalue weighted by Crippen LogP contribution is -2.33. The number of rotatable bonds is 6. The molecular weight excluding hydrogens is 160 g/mol. The minimum absolute atomic E-state index is 0.612. The number of hydrogen-bond donors (Lipinski definition) is 2. The van der Waals surface area contributed by atoms with Gasteiger partial charge in [-0.15, -0.1) is 0 Å². The minimum Gasteiger partial charge on any atom is -0.319 e. The van der Waals surface area contributed by atoms with Crippen molar-refractivity contribution >= 4 is 0 Å². The summed E-state index contributed by atoms with van der Waals surface area (Å²) in [5.41, 5.74) is 0. The molecule has 0 aromatic carbocycles. The summed E-state index contributed by atoms with van der Waals surface area (Å²) >= 11 is 0. The highest BCUT2D eigenvalue weighted by atomic mass is 14.9. The molecule has 0 saturated heterocycles. The molecule has 0 heterocycles. The Labute approximate surface area is 84.5 Å². The van der Waals surface area contributed by atoms with Gasteiger partial charge in [-0.05, 0) is 26.1 Å². The molecule has 13 heavy (non-hydrogen) atoms. The van der Waals surface area contributed by atoms with Gasteiger partial charge in [-0.2, -0.15) is 0 Å². The minimum atomic E-state index is 0.612. The van der Waals surface area contributed by atoms with Crippen LogP contribution in [-0.2, 0) is 0 Å². The molecule has 0 fully saturated rings. The molecule has 0 bridgehead atoms. The van der Waals surface area contributed by atoms with E-state index in [4.69, 9.17) is 0 Å². The molecule has 0 amide bonds. The third-order valence-corrected chi connectivity index (χ3v) is 1.88. The van der Waals surface area contributed by atoms with Crippen molar-refractivity contribution in [3.8, 4) is 0 Å². The quantitative estimate of drug-likeness (QED) is 0.668. The molecular formula is C11H28N2. The van der Waals surface area contributed by atoms with Crippen LogP contribution < -0.4 is 10.6 Å². The van der Waals surface area contributed by atoms with Crippen LogP contribution in [0.5, 0.6) is 0 Å². The van der Waals surface area contributed by atoms with Gasteiger partial charge in [0.2, 0.25) is 0 Å². The third kappa shape index (κ3) is 11.9. The van der Waals surface area contributed by atoms with Crippen LogP contribution in [0.1, 0.15) is 41.0 Å². The van der Waals surface area contributed by atoms with Crippen molar-refractivity contribution in [1.82, 2.24) is 10.6 Å². The molecule has 2 N–H and O–H groups in total. The summed E-state index contributed by atoms with van der Waals surface area (Å²) in [6.07, 6.45) is 1.25. The van der Waals surface area contributed by atoms with Crippen molar-refractivity contribution in [3.63, 3.8) is 0 Å². The molecule has 0 rings (SSSR count). The van der Waals surface area contributed by atoms with E-state index in [-0.39, 0.29) is 0 Å². The summed E-state index contributed by atoms with van der Waals surface area (Å²) in [5.74, 6) is 0.780. The fraction of sp³-hybridized carbons (Fsp3) is 1.00. The largest absolute Gasteiger partial charge is 0.319 e. The molecule has 1 unspecified atom stereocenters. The van der Waals surface area contributed by atoms with Crippen LogP contribution in [0.4, 0.5) is 0 Å². The first-order valence-electron chi connectivity index (χ1n) is 5.58. The monoisotopic (exact) mass is 188 g/mol. The Morgan fingerprint density at radius 2 is 1.62 bits per heavy atom. The Morgan fingerprint density at radius 1 is 1.08 bits per heavy atom. The molecule has 0 radical (unpaired) electrons. The van der Waals surface area contributed by atoms with E-state index in [9.17, 15) is 0 Å². The van der Waals surface area contributed by atoms with E-state index in [0.29, 0.717) is 6.04 Å². The van der Waals surface area contributed by atoms with Gasteiger partial charge in [-0.1, -0.05) is 41.0 Å². The first-order valence-corrected chi connectivity index (χ1v) is 5.58. The highest BCUT2D eigenvalue weighted by molar-refractivity contribution is 4.64. The Hall–Kier alpha value is -0.0800. The average Bonchev–Trinajstić information content (AvgIpc) is 2.15. The molecule has 0 spiro atoms. The van der Waals surface area contributed by atoms with Crippen LogP contribution in [0.2, 0.25) is 0 Å². The Bertz CT molecular complexity index is 82.2. The first kappa shape index (κ1) is 15.4. The summed E-state index contributed by atoms with van der Waals surface area (Å²) in [6, 6.07) is 0.612. The summed E-state index contributed by atoms with van der Waals surface area (Å²) in [6.45, 7) is 12.9. The van der Waals surface area contributed by atoms with Crippen LogP contribution in [0.25, 0.3) is 0 Å². The van der Waals surface area contributed by atoms with E-state index in [1.165, 1.54) is 6.42 Å². The third-order valence-electron chi connectivity index (χ3n) is 1.88. The van der Waals surface area contributed by atoms with Crippen molar-refractivity contribution in [2.24, 2.45) is 5.92 Å². The van der Waals surface area contributed by atoms with E-state index in [1.807, 2.05) is 20.9 Å². The molecule has 0 aliphatic rings. The predicted octanol–water partition coefficient (Wildman–Crippen LogP) is 2.26. The molecule has 2 nitrogen and oxygen atoms in total. The zero-order chi connectivity index (χ0) is 10.7. The summed E-state index contributed by atoms with van der Waals surface area (Å²) in [4.78, 5) is 0. The molecule has 0 aromatic rings. The van der Waals surface area contributed by atoms with E-state index < -0.39 is 0 Å². The van der Waals surface area contributed by atoms with Gasteiger partial charge in [0.25, 0.3) is 0 Å². The van der Waals surface area contributed by atoms with Crippen LogP contribution in [0.3, 0.4) is 0 Å². The standard InChI is InChI=1S/C9H22N2.C2H6/c1-5-9(6-10-4)7-11-8(2)3;1-2/h8-11H,5-7H2,1-4H3;1-2H3. The lowest BCUT2D eigenvalue weighted by Gasteiger charge is -2.16. The maximum absolute atomic E-state index is 3.44. The first-order chi connectivity index (χ1) is 6.20. The van der Waals surface area contributed by atoms with Crippen LogP contribution in [0.15, 0.2) is 0 Å². The van der Waals surface area contributed by atoms with Gasteiger partial charge < -0.3 is 10.6 Å². The van der Waals surface area contributed by atoms with E-state index in [0.717, 1.165) is 19.0 Å². The fourth-order valence-corrected chi connectivity index (χ4v) is 1.05. The van der Waals surface area contributed by atoms with Crippen LogP contribution in [-0.4, -0.2) is 26.2 Å². The van der Waals surface area contributed by atoms with Gasteiger partial charge in [0, 0.05) is 6.04 Å². The van der Waals surface area contributed by atoms with Gasteiger partial charge in [0.1, 0.15) is 0 Å². The molecule has 82 valence electrons. The Balaban J connectivity index is 0. The van der Waals surface area contributed by atoms with Gasteiger partial charge >= 0.3 is 0 Å².